The van der Waals surface area contributed by atoms with Crippen LogP contribution in [0.4, 0.5) is 4.79 Å². The molecule has 33 heavy (non-hydrogen) atoms. The lowest BCUT2D eigenvalue weighted by Gasteiger charge is -2.28. The molecule has 0 aromatic heterocycles. The van der Waals surface area contributed by atoms with Crippen molar-refractivity contribution in [2.75, 3.05) is 13.1 Å². The van der Waals surface area contributed by atoms with Crippen molar-refractivity contribution in [2.45, 2.75) is 142 Å². The number of likely N-dealkylation sites (tertiary alicyclic amines) is 1. The van der Waals surface area contributed by atoms with Gasteiger partial charge in [0, 0.05) is 19.5 Å². The summed E-state index contributed by atoms with van der Waals surface area (Å²) >= 11 is 0. The van der Waals surface area contributed by atoms with Crippen molar-refractivity contribution in [3.05, 3.63) is 12.2 Å². The van der Waals surface area contributed by atoms with Crippen LogP contribution in [0.1, 0.15) is 130 Å². The van der Waals surface area contributed by atoms with Crippen LogP contribution in [0.15, 0.2) is 12.2 Å². The predicted molar refractivity (Wildman–Crippen MR) is 138 cm³/mol. The Morgan fingerprint density at radius 3 is 2.09 bits per heavy atom. The summed E-state index contributed by atoms with van der Waals surface area (Å²) in [6, 6.07) is 0.0536. The van der Waals surface area contributed by atoms with Crippen molar-refractivity contribution in [3.63, 3.8) is 0 Å². The van der Waals surface area contributed by atoms with Crippen LogP contribution in [0.25, 0.3) is 0 Å². The molecule has 2 amide bonds. The summed E-state index contributed by atoms with van der Waals surface area (Å²) in [5.74, 6) is 0.101. The van der Waals surface area contributed by atoms with E-state index in [4.69, 9.17) is 4.74 Å². The standard InChI is InChI=1S/C28H52N2O3/c1-5-6-7-8-9-10-11-12-13-14-15-16-17-18-19-22-26(31)29-24-25-21-20-23-30(25)27(32)33-28(2,3)4/h12-13,25H,5-11,14-24H2,1-4H3,(H,29,31)/b13-12-/t25-/m1/s1. The molecule has 5 nitrogen and oxygen atoms in total. The Morgan fingerprint density at radius 2 is 1.48 bits per heavy atom. The third kappa shape index (κ3) is 15.9. The lowest BCUT2D eigenvalue weighted by atomic mass is 10.1. The Balaban J connectivity index is 1.98. The number of nitrogens with zero attached hydrogens (tertiary/aromatic N) is 1. The summed E-state index contributed by atoms with van der Waals surface area (Å²) < 4.78 is 5.49. The number of allylic oxidation sites excluding steroid dienone is 2. The summed E-state index contributed by atoms with van der Waals surface area (Å²) in [4.78, 5) is 26.3. The normalized spacial score (nSPS) is 16.5. The summed E-state index contributed by atoms with van der Waals surface area (Å²) in [7, 11) is 0. The van der Waals surface area contributed by atoms with Gasteiger partial charge < -0.3 is 15.0 Å². The van der Waals surface area contributed by atoms with E-state index in [-0.39, 0.29) is 18.0 Å². The molecule has 1 heterocycles. The number of rotatable bonds is 17. The van der Waals surface area contributed by atoms with Crippen molar-refractivity contribution in [1.29, 1.82) is 0 Å². The van der Waals surface area contributed by atoms with Crippen LogP contribution in [0.3, 0.4) is 0 Å². The molecule has 0 aromatic carbocycles. The number of hydrogen-bond acceptors (Lipinski definition) is 3. The van der Waals surface area contributed by atoms with Gasteiger partial charge in [-0.25, -0.2) is 4.79 Å². The number of ether oxygens (including phenoxy) is 1. The van der Waals surface area contributed by atoms with Gasteiger partial charge in [-0.1, -0.05) is 70.4 Å². The second-order valence-corrected chi connectivity index (χ2v) is 10.6. The molecular formula is C28H52N2O3. The first-order valence-electron chi connectivity index (χ1n) is 13.7. The van der Waals surface area contributed by atoms with Gasteiger partial charge in [0.1, 0.15) is 5.60 Å². The van der Waals surface area contributed by atoms with E-state index in [1.54, 1.807) is 4.90 Å². The van der Waals surface area contributed by atoms with Gasteiger partial charge in [-0.2, -0.15) is 0 Å². The molecule has 1 aliphatic heterocycles. The highest BCUT2D eigenvalue weighted by molar-refractivity contribution is 5.76. The van der Waals surface area contributed by atoms with E-state index in [0.29, 0.717) is 19.5 Å². The van der Waals surface area contributed by atoms with Crippen LogP contribution in [0.2, 0.25) is 0 Å². The summed E-state index contributed by atoms with van der Waals surface area (Å²) in [6.07, 6.45) is 23.3. The lowest BCUT2D eigenvalue weighted by Crippen LogP contribution is -2.45. The fourth-order valence-electron chi connectivity index (χ4n) is 4.29. The maximum absolute atomic E-state index is 12.3. The average molecular weight is 465 g/mol. The summed E-state index contributed by atoms with van der Waals surface area (Å²) in [5.41, 5.74) is -0.489. The first-order valence-corrected chi connectivity index (χ1v) is 13.7. The molecule has 1 atom stereocenters. The maximum Gasteiger partial charge on any atom is 0.410 e. The molecule has 5 heteroatoms. The second-order valence-electron chi connectivity index (χ2n) is 10.6. The quantitative estimate of drug-likeness (QED) is 0.179. The predicted octanol–water partition coefficient (Wildman–Crippen LogP) is 7.54. The maximum atomic E-state index is 12.3. The highest BCUT2D eigenvalue weighted by atomic mass is 16.6. The zero-order valence-corrected chi connectivity index (χ0v) is 22.1. The fourth-order valence-corrected chi connectivity index (χ4v) is 4.29. The van der Waals surface area contributed by atoms with Gasteiger partial charge in [0.2, 0.25) is 5.91 Å². The molecule has 1 fully saturated rings. The second kappa shape index (κ2) is 17.9. The van der Waals surface area contributed by atoms with Crippen molar-refractivity contribution in [3.8, 4) is 0 Å². The summed E-state index contributed by atoms with van der Waals surface area (Å²) in [5, 5.41) is 3.02. The molecule has 0 saturated carbocycles. The molecule has 1 saturated heterocycles. The van der Waals surface area contributed by atoms with Crippen LogP contribution in [-0.2, 0) is 9.53 Å². The molecule has 0 aliphatic carbocycles. The molecule has 0 bridgehead atoms. The van der Waals surface area contributed by atoms with Crippen molar-refractivity contribution >= 4 is 12.0 Å². The van der Waals surface area contributed by atoms with Gasteiger partial charge in [0.05, 0.1) is 6.04 Å². The molecule has 192 valence electrons. The number of carbonyl (C=O) groups is 2. The number of hydrogen-bond donors (Lipinski definition) is 1. The van der Waals surface area contributed by atoms with E-state index in [1.165, 1.54) is 70.6 Å². The van der Waals surface area contributed by atoms with Gasteiger partial charge in [0.25, 0.3) is 0 Å². The molecule has 0 unspecified atom stereocenters. The highest BCUT2D eigenvalue weighted by Gasteiger charge is 2.32. The number of nitrogens with one attached hydrogen (secondary N) is 1. The fraction of sp³-hybridized carbons (Fsp3) is 0.857. The lowest BCUT2D eigenvalue weighted by molar-refractivity contribution is -0.121. The van der Waals surface area contributed by atoms with Gasteiger partial charge >= 0.3 is 6.09 Å². The zero-order chi connectivity index (χ0) is 24.4. The smallest absolute Gasteiger partial charge is 0.410 e. The van der Waals surface area contributed by atoms with E-state index in [0.717, 1.165) is 25.7 Å². The van der Waals surface area contributed by atoms with Gasteiger partial charge in [-0.15, -0.1) is 0 Å². The average Bonchev–Trinajstić information content (AvgIpc) is 3.23. The zero-order valence-electron chi connectivity index (χ0n) is 22.1. The highest BCUT2D eigenvalue weighted by Crippen LogP contribution is 2.20. The Bertz CT molecular complexity index is 554. The Hall–Kier alpha value is -1.52. The monoisotopic (exact) mass is 464 g/mol. The SMILES string of the molecule is CCCCCCCC/C=C\CCCCCCCC(=O)NC[C@H]1CCCN1C(=O)OC(C)(C)C. The first kappa shape index (κ1) is 29.5. The van der Waals surface area contributed by atoms with Gasteiger partial charge in [-0.3, -0.25) is 4.79 Å². The number of amides is 2. The Kier molecular flexibility index (Phi) is 16.0. The number of carbonyl (C=O) groups excluding carboxylic acids is 2. The molecule has 0 spiro atoms. The molecule has 1 rings (SSSR count). The van der Waals surface area contributed by atoms with E-state index < -0.39 is 5.60 Å². The molecule has 1 N–H and O–H groups in total. The minimum Gasteiger partial charge on any atom is -0.444 e. The van der Waals surface area contributed by atoms with E-state index in [2.05, 4.69) is 24.4 Å². The van der Waals surface area contributed by atoms with Crippen LogP contribution in [0.5, 0.6) is 0 Å². The van der Waals surface area contributed by atoms with Crippen LogP contribution >= 0.6 is 0 Å². The summed E-state index contributed by atoms with van der Waals surface area (Å²) in [6.45, 7) is 9.15. The molecule has 1 aliphatic rings. The Morgan fingerprint density at radius 1 is 0.909 bits per heavy atom. The van der Waals surface area contributed by atoms with Gasteiger partial charge in [0.15, 0.2) is 0 Å². The molecule has 0 aromatic rings. The molecular weight excluding hydrogens is 412 g/mol. The number of unbranched alkanes of at least 4 members (excludes halogenated alkanes) is 11. The topological polar surface area (TPSA) is 58.6 Å². The van der Waals surface area contributed by atoms with Crippen molar-refractivity contribution in [1.82, 2.24) is 10.2 Å². The largest absolute Gasteiger partial charge is 0.444 e. The molecule has 0 radical (unpaired) electrons. The van der Waals surface area contributed by atoms with Crippen molar-refractivity contribution in [2.24, 2.45) is 0 Å². The van der Waals surface area contributed by atoms with Crippen LogP contribution in [-0.4, -0.2) is 41.6 Å². The third-order valence-electron chi connectivity index (χ3n) is 6.21. The van der Waals surface area contributed by atoms with Crippen LogP contribution in [0, 0.1) is 0 Å². The minimum absolute atomic E-state index is 0.0536. The van der Waals surface area contributed by atoms with E-state index in [1.807, 2.05) is 20.8 Å². The van der Waals surface area contributed by atoms with E-state index >= 15 is 0 Å². The van der Waals surface area contributed by atoms with Gasteiger partial charge in [-0.05, 0) is 65.7 Å². The van der Waals surface area contributed by atoms with Crippen molar-refractivity contribution < 1.29 is 14.3 Å². The third-order valence-corrected chi connectivity index (χ3v) is 6.21. The van der Waals surface area contributed by atoms with E-state index in [9.17, 15) is 9.59 Å². The van der Waals surface area contributed by atoms with Crippen LogP contribution < -0.4 is 5.32 Å². The Labute approximate surface area is 204 Å². The first-order chi connectivity index (χ1) is 15.8. The minimum atomic E-state index is -0.489.